The highest BCUT2D eigenvalue weighted by Gasteiger charge is 2.25. The molecule has 1 aliphatic heterocycles. The molecule has 1 aliphatic rings. The van der Waals surface area contributed by atoms with Gasteiger partial charge < -0.3 is 4.90 Å². The van der Waals surface area contributed by atoms with E-state index in [1.807, 2.05) is 0 Å². The summed E-state index contributed by atoms with van der Waals surface area (Å²) >= 11 is 0. The second kappa shape index (κ2) is 5.48. The van der Waals surface area contributed by atoms with Crippen LogP contribution in [-0.2, 0) is 6.42 Å². The molecule has 0 radical (unpaired) electrons. The van der Waals surface area contributed by atoms with E-state index >= 15 is 0 Å². The molecule has 1 heteroatoms. The maximum Gasteiger partial charge on any atom is 0.0398 e. The highest BCUT2D eigenvalue weighted by Crippen LogP contribution is 2.29. The van der Waals surface area contributed by atoms with Gasteiger partial charge in [-0.05, 0) is 43.4 Å². The lowest BCUT2D eigenvalue weighted by Gasteiger charge is -2.28. The molecule has 0 saturated carbocycles. The van der Waals surface area contributed by atoms with Gasteiger partial charge in [0.1, 0.15) is 0 Å². The largest absolute Gasteiger partial charge is 0.368 e. The lowest BCUT2D eigenvalue weighted by Crippen LogP contribution is -2.31. The minimum atomic E-state index is 0.656. The summed E-state index contributed by atoms with van der Waals surface area (Å²) in [5.41, 5.74) is 4.26. The Morgan fingerprint density at radius 1 is 1.00 bits per heavy atom. The van der Waals surface area contributed by atoms with Gasteiger partial charge in [0.15, 0.2) is 0 Å². The van der Waals surface area contributed by atoms with Gasteiger partial charge in [0, 0.05) is 18.3 Å². The van der Waals surface area contributed by atoms with Gasteiger partial charge in [0.2, 0.25) is 0 Å². The minimum absolute atomic E-state index is 0.656. The molecular weight excluding hydrogens is 230 g/mol. The summed E-state index contributed by atoms with van der Waals surface area (Å²) in [6.45, 7) is 3.41. The van der Waals surface area contributed by atoms with E-state index < -0.39 is 0 Å². The van der Waals surface area contributed by atoms with Gasteiger partial charge in [-0.25, -0.2) is 0 Å². The van der Waals surface area contributed by atoms with E-state index in [1.165, 1.54) is 36.2 Å². The molecule has 1 fully saturated rings. The molecule has 0 spiro atoms. The third kappa shape index (κ3) is 2.65. The Labute approximate surface area is 115 Å². The van der Waals surface area contributed by atoms with E-state index in [1.54, 1.807) is 0 Å². The molecule has 19 heavy (non-hydrogen) atoms. The summed E-state index contributed by atoms with van der Waals surface area (Å²) in [5, 5.41) is 0. The predicted octanol–water partition coefficient (Wildman–Crippen LogP) is 4.21. The Morgan fingerprint density at radius 3 is 2.53 bits per heavy atom. The van der Waals surface area contributed by atoms with E-state index in [9.17, 15) is 0 Å². The first kappa shape index (κ1) is 12.3. The first-order valence-electron chi connectivity index (χ1n) is 7.21. The van der Waals surface area contributed by atoms with E-state index in [2.05, 4.69) is 66.4 Å². The molecular formula is C18H21N. The fraction of sp³-hybridized carbons (Fsp3) is 0.333. The van der Waals surface area contributed by atoms with Crippen LogP contribution >= 0.6 is 0 Å². The van der Waals surface area contributed by atoms with Crippen LogP contribution in [0.2, 0.25) is 0 Å². The summed E-state index contributed by atoms with van der Waals surface area (Å²) in [4.78, 5) is 2.60. The Kier molecular flexibility index (Phi) is 3.54. The topological polar surface area (TPSA) is 3.24 Å². The first-order valence-corrected chi connectivity index (χ1v) is 7.21. The van der Waals surface area contributed by atoms with Gasteiger partial charge in [-0.15, -0.1) is 0 Å². The minimum Gasteiger partial charge on any atom is -0.368 e. The SMILES string of the molecule is Cc1ccccc1N1CCCC1Cc1ccccc1. The van der Waals surface area contributed by atoms with E-state index in [4.69, 9.17) is 0 Å². The van der Waals surface area contributed by atoms with Crippen LogP contribution in [0.4, 0.5) is 5.69 Å². The van der Waals surface area contributed by atoms with Gasteiger partial charge in [0.25, 0.3) is 0 Å². The van der Waals surface area contributed by atoms with Crippen molar-refractivity contribution >= 4 is 5.69 Å². The number of anilines is 1. The predicted molar refractivity (Wildman–Crippen MR) is 81.7 cm³/mol. The Bertz CT molecular complexity index is 532. The quantitative estimate of drug-likeness (QED) is 0.790. The van der Waals surface area contributed by atoms with Crippen LogP contribution in [-0.4, -0.2) is 12.6 Å². The van der Waals surface area contributed by atoms with Crippen molar-refractivity contribution in [1.29, 1.82) is 0 Å². The fourth-order valence-corrected chi connectivity index (χ4v) is 3.14. The number of hydrogen-bond acceptors (Lipinski definition) is 1. The van der Waals surface area contributed by atoms with Gasteiger partial charge in [0.05, 0.1) is 0 Å². The van der Waals surface area contributed by atoms with Crippen molar-refractivity contribution in [2.45, 2.75) is 32.2 Å². The van der Waals surface area contributed by atoms with Crippen molar-refractivity contribution in [3.63, 3.8) is 0 Å². The van der Waals surface area contributed by atoms with Crippen molar-refractivity contribution in [3.05, 3.63) is 65.7 Å². The smallest absolute Gasteiger partial charge is 0.0398 e. The maximum absolute atomic E-state index is 2.60. The number of para-hydroxylation sites is 1. The zero-order valence-electron chi connectivity index (χ0n) is 11.5. The average molecular weight is 251 g/mol. The van der Waals surface area contributed by atoms with Crippen molar-refractivity contribution in [3.8, 4) is 0 Å². The molecule has 0 aliphatic carbocycles. The molecule has 1 nitrogen and oxygen atoms in total. The Balaban J connectivity index is 1.81. The van der Waals surface area contributed by atoms with Gasteiger partial charge in [-0.3, -0.25) is 0 Å². The van der Waals surface area contributed by atoms with E-state index in [-0.39, 0.29) is 0 Å². The number of nitrogens with zero attached hydrogens (tertiary/aromatic N) is 1. The van der Waals surface area contributed by atoms with Crippen LogP contribution in [0.15, 0.2) is 54.6 Å². The summed E-state index contributed by atoms with van der Waals surface area (Å²) in [6, 6.07) is 20.3. The molecule has 2 aromatic rings. The van der Waals surface area contributed by atoms with Crippen LogP contribution in [0, 0.1) is 6.92 Å². The number of aryl methyl sites for hydroxylation is 1. The highest BCUT2D eigenvalue weighted by atomic mass is 15.2. The summed E-state index contributed by atoms with van der Waals surface area (Å²) in [6.07, 6.45) is 3.78. The van der Waals surface area contributed by atoms with Crippen molar-refractivity contribution in [1.82, 2.24) is 0 Å². The van der Waals surface area contributed by atoms with Crippen LogP contribution in [0.3, 0.4) is 0 Å². The van der Waals surface area contributed by atoms with E-state index in [0.717, 1.165) is 6.42 Å². The second-order valence-electron chi connectivity index (χ2n) is 5.47. The zero-order valence-corrected chi connectivity index (χ0v) is 11.5. The molecule has 1 saturated heterocycles. The zero-order chi connectivity index (χ0) is 13.1. The molecule has 3 rings (SSSR count). The normalized spacial score (nSPS) is 18.8. The third-order valence-corrected chi connectivity index (χ3v) is 4.12. The second-order valence-corrected chi connectivity index (χ2v) is 5.47. The van der Waals surface area contributed by atoms with Gasteiger partial charge in [-0.1, -0.05) is 48.5 Å². The van der Waals surface area contributed by atoms with Crippen molar-refractivity contribution in [2.24, 2.45) is 0 Å². The van der Waals surface area contributed by atoms with Crippen molar-refractivity contribution < 1.29 is 0 Å². The highest BCUT2D eigenvalue weighted by molar-refractivity contribution is 5.54. The average Bonchev–Trinajstić information content (AvgIpc) is 2.88. The first-order chi connectivity index (χ1) is 9.34. The molecule has 1 atom stereocenters. The number of benzene rings is 2. The lowest BCUT2D eigenvalue weighted by atomic mass is 10.0. The number of hydrogen-bond donors (Lipinski definition) is 0. The summed E-state index contributed by atoms with van der Waals surface area (Å²) in [7, 11) is 0. The molecule has 0 bridgehead atoms. The molecule has 2 aromatic carbocycles. The van der Waals surface area contributed by atoms with Gasteiger partial charge in [-0.2, -0.15) is 0 Å². The molecule has 0 amide bonds. The van der Waals surface area contributed by atoms with Crippen LogP contribution in [0.1, 0.15) is 24.0 Å². The molecule has 0 N–H and O–H groups in total. The maximum atomic E-state index is 2.60. The third-order valence-electron chi connectivity index (χ3n) is 4.12. The fourth-order valence-electron chi connectivity index (χ4n) is 3.14. The van der Waals surface area contributed by atoms with Crippen molar-refractivity contribution in [2.75, 3.05) is 11.4 Å². The molecule has 1 unspecified atom stereocenters. The molecule has 1 heterocycles. The molecule has 0 aromatic heterocycles. The summed E-state index contributed by atoms with van der Waals surface area (Å²) < 4.78 is 0. The van der Waals surface area contributed by atoms with Gasteiger partial charge >= 0.3 is 0 Å². The van der Waals surface area contributed by atoms with Crippen LogP contribution in [0.25, 0.3) is 0 Å². The summed E-state index contributed by atoms with van der Waals surface area (Å²) in [5.74, 6) is 0. The lowest BCUT2D eigenvalue weighted by molar-refractivity contribution is 0.662. The van der Waals surface area contributed by atoms with Crippen LogP contribution in [0.5, 0.6) is 0 Å². The van der Waals surface area contributed by atoms with Crippen LogP contribution < -0.4 is 4.90 Å². The standard InChI is InChI=1S/C18H21N/c1-15-8-5-6-12-18(15)19-13-7-11-17(19)14-16-9-3-2-4-10-16/h2-6,8-10,12,17H,7,11,13-14H2,1H3. The monoisotopic (exact) mass is 251 g/mol. The van der Waals surface area contributed by atoms with E-state index in [0.29, 0.717) is 6.04 Å². The molecule has 98 valence electrons. The Hall–Kier alpha value is -1.76. The Morgan fingerprint density at radius 2 is 1.74 bits per heavy atom. The number of rotatable bonds is 3.